The number of hydrogen-bond donors (Lipinski definition) is 10. The molecule has 5 saturated heterocycles. The number of fused-ring (bicyclic) bond motifs is 7. The lowest BCUT2D eigenvalue weighted by Gasteiger charge is -2.61. The molecular weight excluding hydrogens is 844 g/mol. The van der Waals surface area contributed by atoms with Gasteiger partial charge in [0.05, 0.1) is 38.6 Å². The maximum Gasteiger partial charge on any atom is 0.187 e. The number of ether oxygens (including phenoxy) is 8. The summed E-state index contributed by atoms with van der Waals surface area (Å²) in [6.45, 7) is 9.02. The first-order valence-electron chi connectivity index (χ1n) is 23.4. The van der Waals surface area contributed by atoms with E-state index in [1.807, 2.05) is 0 Å². The summed E-state index contributed by atoms with van der Waals surface area (Å²) >= 11 is 0. The lowest BCUT2D eigenvalue weighted by Crippen LogP contribution is -2.67. The van der Waals surface area contributed by atoms with Crippen molar-refractivity contribution in [1.29, 1.82) is 0 Å². The van der Waals surface area contributed by atoms with E-state index in [1.54, 1.807) is 0 Å². The summed E-state index contributed by atoms with van der Waals surface area (Å²) < 4.78 is 49.6. The molecule has 4 saturated carbocycles. The van der Waals surface area contributed by atoms with Gasteiger partial charge in [0.25, 0.3) is 0 Å². The summed E-state index contributed by atoms with van der Waals surface area (Å²) in [4.78, 5) is 14.7. The number of carbonyl (C=O) groups is 1. The van der Waals surface area contributed by atoms with Crippen LogP contribution in [0, 0.1) is 46.3 Å². The maximum atomic E-state index is 14.7. The number of Topliss-reactive ketones (excluding diaryl/α,β-unsaturated/α-hetero) is 1. The highest BCUT2D eigenvalue weighted by Gasteiger charge is 2.72. The Morgan fingerprint density at radius 1 is 0.688 bits per heavy atom. The van der Waals surface area contributed by atoms with Gasteiger partial charge in [0.1, 0.15) is 79.0 Å². The Morgan fingerprint density at radius 3 is 1.88 bits per heavy atom. The van der Waals surface area contributed by atoms with Crippen molar-refractivity contribution in [3.05, 3.63) is 12.2 Å². The van der Waals surface area contributed by atoms with E-state index in [0.29, 0.717) is 37.6 Å². The lowest BCUT2D eigenvalue weighted by molar-refractivity contribution is -0.396. The highest BCUT2D eigenvalue weighted by molar-refractivity contribution is 5.87. The van der Waals surface area contributed by atoms with E-state index in [4.69, 9.17) is 37.9 Å². The van der Waals surface area contributed by atoms with E-state index in [-0.39, 0.29) is 41.1 Å². The third-order valence-corrected chi connectivity index (χ3v) is 17.9. The maximum absolute atomic E-state index is 14.7. The van der Waals surface area contributed by atoms with Crippen LogP contribution in [-0.4, -0.2) is 193 Å². The van der Waals surface area contributed by atoms with Crippen LogP contribution in [0.1, 0.15) is 78.6 Å². The van der Waals surface area contributed by atoms with Gasteiger partial charge in [-0.2, -0.15) is 0 Å². The second-order valence-electron chi connectivity index (χ2n) is 21.0. The molecule has 1 spiro atoms. The fraction of sp³-hybridized carbons (Fsp3) is 0.933. The molecule has 364 valence electrons. The quantitative estimate of drug-likeness (QED) is 0.0917. The normalized spacial score (nSPS) is 56.4. The van der Waals surface area contributed by atoms with Gasteiger partial charge in [0.2, 0.25) is 0 Å². The van der Waals surface area contributed by atoms with Gasteiger partial charge in [-0.05, 0) is 74.0 Å². The van der Waals surface area contributed by atoms with Crippen molar-refractivity contribution in [3.63, 3.8) is 0 Å². The molecule has 19 heteroatoms. The van der Waals surface area contributed by atoms with Crippen LogP contribution in [0.15, 0.2) is 12.2 Å². The summed E-state index contributed by atoms with van der Waals surface area (Å²) in [5, 5.41) is 106. The fourth-order valence-corrected chi connectivity index (χ4v) is 14.2. The number of aliphatic hydroxyl groups excluding tert-OH is 10. The molecule has 9 fully saturated rings. The van der Waals surface area contributed by atoms with Crippen LogP contribution in [0.25, 0.3) is 0 Å². The van der Waals surface area contributed by atoms with Crippen molar-refractivity contribution >= 4 is 5.78 Å². The third-order valence-electron chi connectivity index (χ3n) is 17.9. The molecular formula is C45H70O19. The van der Waals surface area contributed by atoms with Gasteiger partial charge in [-0.1, -0.05) is 32.9 Å². The first kappa shape index (κ1) is 47.7. The summed E-state index contributed by atoms with van der Waals surface area (Å²) in [6.07, 6.45) is -18.9. The first-order chi connectivity index (χ1) is 30.4. The number of rotatable bonds is 9. The minimum Gasteiger partial charge on any atom is -0.394 e. The molecule has 10 N–H and O–H groups in total. The number of carbonyl (C=O) groups excluding carboxylic acids is 1. The van der Waals surface area contributed by atoms with E-state index < -0.39 is 129 Å². The second-order valence-corrected chi connectivity index (χ2v) is 21.0. The van der Waals surface area contributed by atoms with E-state index >= 15 is 0 Å². The minimum atomic E-state index is -1.90. The number of ketones is 1. The smallest absolute Gasteiger partial charge is 0.187 e. The van der Waals surface area contributed by atoms with E-state index in [1.165, 1.54) is 0 Å². The molecule has 5 aliphatic heterocycles. The Bertz CT molecular complexity index is 1690. The Balaban J connectivity index is 0.938. The molecule has 9 aliphatic rings. The number of aliphatic hydroxyl groups is 10. The summed E-state index contributed by atoms with van der Waals surface area (Å²) in [5.74, 6) is 0.636. The van der Waals surface area contributed by atoms with E-state index in [0.717, 1.165) is 44.1 Å². The van der Waals surface area contributed by atoms with Gasteiger partial charge in [-0.25, -0.2) is 0 Å². The average molecular weight is 915 g/mol. The fourth-order valence-electron chi connectivity index (χ4n) is 14.2. The topological polar surface area (TPSA) is 293 Å². The molecule has 26 atom stereocenters. The van der Waals surface area contributed by atoms with Crippen LogP contribution >= 0.6 is 0 Å². The molecule has 0 aromatic heterocycles. The highest BCUT2D eigenvalue weighted by Crippen LogP contribution is 2.70. The van der Waals surface area contributed by atoms with Gasteiger partial charge in [-0.3, -0.25) is 4.79 Å². The molecule has 0 radical (unpaired) electrons. The minimum absolute atomic E-state index is 0.0443. The monoisotopic (exact) mass is 914 g/mol. The Hall–Kier alpha value is -1.31. The Labute approximate surface area is 372 Å². The second kappa shape index (κ2) is 17.9. The molecule has 0 amide bonds. The zero-order chi connectivity index (χ0) is 45.8. The lowest BCUT2D eigenvalue weighted by atomic mass is 9.44. The molecule has 5 heterocycles. The predicted molar refractivity (Wildman–Crippen MR) is 216 cm³/mol. The first-order valence-corrected chi connectivity index (χ1v) is 23.4. The number of hydrogen-bond acceptors (Lipinski definition) is 19. The highest BCUT2D eigenvalue weighted by atomic mass is 16.8. The van der Waals surface area contributed by atoms with Crippen LogP contribution in [0.5, 0.6) is 0 Å². The summed E-state index contributed by atoms with van der Waals surface area (Å²) in [6, 6.07) is 0. The zero-order valence-electron chi connectivity index (χ0n) is 36.8. The van der Waals surface area contributed by atoms with Crippen LogP contribution in [0.2, 0.25) is 0 Å². The summed E-state index contributed by atoms with van der Waals surface area (Å²) in [7, 11) is 0. The van der Waals surface area contributed by atoms with Crippen LogP contribution in [-0.2, 0) is 42.7 Å². The van der Waals surface area contributed by atoms with E-state index in [9.17, 15) is 55.9 Å². The molecule has 9 rings (SSSR count). The van der Waals surface area contributed by atoms with Crippen molar-refractivity contribution in [2.75, 3.05) is 26.4 Å². The molecule has 64 heavy (non-hydrogen) atoms. The molecule has 0 bridgehead atoms. The van der Waals surface area contributed by atoms with Crippen molar-refractivity contribution in [3.8, 4) is 0 Å². The standard InChI is InChI=1S/C45H70O19/c1-18-7-10-45(57-17-18)19(2)30-25(64-45)12-24-22-6-5-20-11-21(8-9-43(20,3)23(22)13-29(49)44(24,30)4)58-42-39(63-41-37(56)35(54)32(51)27(15-47)60-41)38(33(52)28(16-48)61-42)62-40-36(55)34(53)31(50)26(14-46)59-40/h19-28,30-42,46-48,50-56H,1,5-17H2,2-4H3. The van der Waals surface area contributed by atoms with Crippen molar-refractivity contribution in [1.82, 2.24) is 0 Å². The molecule has 26 unspecified atom stereocenters. The Morgan fingerprint density at radius 2 is 1.28 bits per heavy atom. The summed E-state index contributed by atoms with van der Waals surface area (Å²) in [5.41, 5.74) is 0.373. The van der Waals surface area contributed by atoms with Crippen LogP contribution in [0.3, 0.4) is 0 Å². The van der Waals surface area contributed by atoms with Crippen LogP contribution in [0.4, 0.5) is 0 Å². The molecule has 0 aromatic carbocycles. The third kappa shape index (κ3) is 7.60. The zero-order valence-corrected chi connectivity index (χ0v) is 36.8. The van der Waals surface area contributed by atoms with Gasteiger partial charge in [0.15, 0.2) is 24.7 Å². The van der Waals surface area contributed by atoms with Gasteiger partial charge < -0.3 is 89.0 Å². The van der Waals surface area contributed by atoms with E-state index in [2.05, 4.69) is 27.4 Å². The largest absolute Gasteiger partial charge is 0.394 e. The van der Waals surface area contributed by atoms with Crippen LogP contribution < -0.4 is 0 Å². The Kier molecular flexibility index (Phi) is 13.3. The molecule has 19 nitrogen and oxygen atoms in total. The van der Waals surface area contributed by atoms with Gasteiger partial charge >= 0.3 is 0 Å². The van der Waals surface area contributed by atoms with Crippen molar-refractivity contribution in [2.24, 2.45) is 46.3 Å². The molecule has 0 aromatic rings. The average Bonchev–Trinajstić information content (AvgIpc) is 3.73. The SMILES string of the molecule is C=C1CCC2(OC1)OC1CC3C4CCC5CC(OC6OC(CO)C(O)C(OC7OC(CO)C(O)C(O)C7O)C6OC6OC(CO)C(O)C(O)C6O)CCC5(C)C4CC(=O)C3(C)C1C2C. The van der Waals surface area contributed by atoms with Crippen molar-refractivity contribution in [2.45, 2.75) is 189 Å². The molecule has 4 aliphatic carbocycles. The predicted octanol–water partition coefficient (Wildman–Crippen LogP) is -1.63. The van der Waals surface area contributed by atoms with Gasteiger partial charge in [-0.15, -0.1) is 0 Å². The van der Waals surface area contributed by atoms with Crippen molar-refractivity contribution < 1.29 is 93.8 Å². The van der Waals surface area contributed by atoms with Gasteiger partial charge in [0, 0.05) is 30.1 Å².